The molecule has 6 nitrogen and oxygen atoms in total. The van der Waals surface area contributed by atoms with E-state index in [1.807, 2.05) is 24.0 Å². The summed E-state index contributed by atoms with van der Waals surface area (Å²) >= 11 is 0. The topological polar surface area (TPSA) is 71.0 Å². The zero-order valence-corrected chi connectivity index (χ0v) is 18.0. The SMILES string of the molecule is Cc1cc(N2CCCc3nc(C4(C(=O)Nc5ccc(F)cc5)CC(F)(F)C4)ccc32)ncn1. The first kappa shape index (κ1) is 21.4. The Kier molecular flexibility index (Phi) is 5.07. The molecule has 1 aromatic carbocycles. The zero-order valence-electron chi connectivity index (χ0n) is 18.0. The van der Waals surface area contributed by atoms with Crippen LogP contribution in [0.5, 0.6) is 0 Å². The van der Waals surface area contributed by atoms with E-state index in [0.717, 1.165) is 35.9 Å². The molecule has 1 amide bonds. The first-order valence-corrected chi connectivity index (χ1v) is 10.8. The molecule has 0 atom stereocenters. The van der Waals surface area contributed by atoms with Crippen molar-refractivity contribution in [2.45, 2.75) is 43.9 Å². The minimum atomic E-state index is -2.94. The number of anilines is 3. The molecule has 1 N–H and O–H groups in total. The summed E-state index contributed by atoms with van der Waals surface area (Å²) in [5, 5.41) is 2.66. The summed E-state index contributed by atoms with van der Waals surface area (Å²) in [5.74, 6) is -3.21. The van der Waals surface area contributed by atoms with Gasteiger partial charge >= 0.3 is 0 Å². The first-order valence-electron chi connectivity index (χ1n) is 10.8. The molecule has 1 fully saturated rings. The van der Waals surface area contributed by atoms with Gasteiger partial charge in [0.15, 0.2) is 0 Å². The van der Waals surface area contributed by atoms with Crippen molar-refractivity contribution in [3.05, 3.63) is 71.7 Å². The second-order valence-corrected chi connectivity index (χ2v) is 8.69. The van der Waals surface area contributed by atoms with Crippen molar-refractivity contribution in [1.82, 2.24) is 15.0 Å². The number of aromatic nitrogens is 3. The summed E-state index contributed by atoms with van der Waals surface area (Å²) in [6, 6.07) is 10.6. The number of carbonyl (C=O) groups excluding carboxylic acids is 1. The molecule has 170 valence electrons. The van der Waals surface area contributed by atoms with Crippen LogP contribution in [-0.2, 0) is 16.6 Å². The molecule has 0 saturated heterocycles. The number of amides is 1. The molecule has 1 aliphatic heterocycles. The number of carbonyl (C=O) groups is 1. The summed E-state index contributed by atoms with van der Waals surface area (Å²) in [6.07, 6.45) is 1.76. The van der Waals surface area contributed by atoms with Crippen molar-refractivity contribution >= 4 is 23.1 Å². The molecule has 0 unspecified atom stereocenters. The number of pyridine rings is 1. The summed E-state index contributed by atoms with van der Waals surface area (Å²) in [5.41, 5.74) is 1.67. The van der Waals surface area contributed by atoms with Crippen molar-refractivity contribution in [3.63, 3.8) is 0 Å². The van der Waals surface area contributed by atoms with Gasteiger partial charge in [0.05, 0.1) is 17.1 Å². The minimum Gasteiger partial charge on any atom is -0.325 e. The fraction of sp³-hybridized carbons (Fsp3) is 0.333. The van der Waals surface area contributed by atoms with Gasteiger partial charge in [0, 0.05) is 36.8 Å². The van der Waals surface area contributed by atoms with E-state index in [9.17, 15) is 18.0 Å². The van der Waals surface area contributed by atoms with E-state index in [0.29, 0.717) is 17.8 Å². The average Bonchev–Trinajstić information content (AvgIpc) is 2.78. The molecule has 0 spiro atoms. The third kappa shape index (κ3) is 3.92. The largest absolute Gasteiger partial charge is 0.325 e. The van der Waals surface area contributed by atoms with Crippen LogP contribution < -0.4 is 10.2 Å². The Hall–Kier alpha value is -3.49. The van der Waals surface area contributed by atoms with E-state index in [-0.39, 0.29) is 0 Å². The highest BCUT2D eigenvalue weighted by molar-refractivity contribution is 6.00. The van der Waals surface area contributed by atoms with E-state index in [1.165, 1.54) is 30.6 Å². The second-order valence-electron chi connectivity index (χ2n) is 8.69. The molecule has 1 aliphatic carbocycles. The number of hydrogen-bond donors (Lipinski definition) is 1. The number of alkyl halides is 2. The van der Waals surface area contributed by atoms with Gasteiger partial charge in [0.1, 0.15) is 23.4 Å². The maximum absolute atomic E-state index is 14.1. The van der Waals surface area contributed by atoms with Gasteiger partial charge in [0.2, 0.25) is 5.91 Å². The third-order valence-electron chi connectivity index (χ3n) is 6.25. The summed E-state index contributed by atoms with van der Waals surface area (Å²) < 4.78 is 41.3. The lowest BCUT2D eigenvalue weighted by Crippen LogP contribution is -2.57. The van der Waals surface area contributed by atoms with E-state index >= 15 is 0 Å². The minimum absolute atomic E-state index is 0.326. The number of fused-ring (bicyclic) bond motifs is 1. The maximum atomic E-state index is 14.1. The van der Waals surface area contributed by atoms with Crippen molar-refractivity contribution < 1.29 is 18.0 Å². The van der Waals surface area contributed by atoms with Crippen LogP contribution >= 0.6 is 0 Å². The number of rotatable bonds is 4. The van der Waals surface area contributed by atoms with Gasteiger partial charge < -0.3 is 10.2 Å². The Morgan fingerprint density at radius 3 is 2.55 bits per heavy atom. The Bertz CT molecular complexity index is 1210. The highest BCUT2D eigenvalue weighted by atomic mass is 19.3. The lowest BCUT2D eigenvalue weighted by molar-refractivity contribution is -0.154. The smallest absolute Gasteiger partial charge is 0.251 e. The van der Waals surface area contributed by atoms with Gasteiger partial charge in [0.25, 0.3) is 5.92 Å². The molecule has 2 aromatic heterocycles. The van der Waals surface area contributed by atoms with Crippen LogP contribution in [0.2, 0.25) is 0 Å². The van der Waals surface area contributed by atoms with Gasteiger partial charge in [-0.25, -0.2) is 23.1 Å². The molecular formula is C24H22F3N5O. The van der Waals surface area contributed by atoms with E-state index in [4.69, 9.17) is 4.98 Å². The number of nitrogens with zero attached hydrogens (tertiary/aromatic N) is 4. The predicted molar refractivity (Wildman–Crippen MR) is 117 cm³/mol. The molecule has 3 heterocycles. The van der Waals surface area contributed by atoms with Gasteiger partial charge in [-0.15, -0.1) is 0 Å². The van der Waals surface area contributed by atoms with E-state index in [2.05, 4.69) is 15.3 Å². The number of benzene rings is 1. The molecular weight excluding hydrogens is 431 g/mol. The molecule has 5 rings (SSSR count). The van der Waals surface area contributed by atoms with Crippen LogP contribution in [-0.4, -0.2) is 33.3 Å². The van der Waals surface area contributed by atoms with Crippen LogP contribution in [0, 0.1) is 12.7 Å². The Morgan fingerprint density at radius 1 is 1.09 bits per heavy atom. The van der Waals surface area contributed by atoms with Gasteiger partial charge in [-0.05, 0) is 56.2 Å². The second kappa shape index (κ2) is 7.83. The van der Waals surface area contributed by atoms with Gasteiger partial charge in [-0.3, -0.25) is 9.78 Å². The lowest BCUT2D eigenvalue weighted by Gasteiger charge is -2.45. The average molecular weight is 453 g/mol. The Labute approximate surface area is 188 Å². The van der Waals surface area contributed by atoms with Crippen LogP contribution in [0.1, 0.15) is 36.3 Å². The molecule has 33 heavy (non-hydrogen) atoms. The molecule has 2 aliphatic rings. The predicted octanol–water partition coefficient (Wildman–Crippen LogP) is 4.71. The number of aryl methyl sites for hydroxylation is 2. The molecule has 0 radical (unpaired) electrons. The standard InChI is InChI=1S/C24H22F3N5O/c1-15-11-21(29-14-28-15)32-10-2-3-18-19(32)8-9-20(31-18)23(12-24(26,27)13-23)22(33)30-17-6-4-16(25)5-7-17/h4-9,11,14H,2-3,10,12-13H2,1H3,(H,30,33). The highest BCUT2D eigenvalue weighted by Gasteiger charge is 2.62. The highest BCUT2D eigenvalue weighted by Crippen LogP contribution is 2.54. The molecule has 1 saturated carbocycles. The fourth-order valence-electron chi connectivity index (χ4n) is 4.61. The van der Waals surface area contributed by atoms with Crippen LogP contribution in [0.4, 0.5) is 30.4 Å². The zero-order chi connectivity index (χ0) is 23.2. The third-order valence-corrected chi connectivity index (χ3v) is 6.25. The lowest BCUT2D eigenvalue weighted by atomic mass is 9.63. The first-order chi connectivity index (χ1) is 15.8. The Morgan fingerprint density at radius 2 is 1.85 bits per heavy atom. The monoisotopic (exact) mass is 453 g/mol. The molecule has 3 aromatic rings. The van der Waals surface area contributed by atoms with Gasteiger partial charge in [-0.1, -0.05) is 0 Å². The maximum Gasteiger partial charge on any atom is 0.251 e. The fourth-order valence-corrected chi connectivity index (χ4v) is 4.61. The van der Waals surface area contributed by atoms with Crippen LogP contribution in [0.25, 0.3) is 0 Å². The number of nitrogens with one attached hydrogen (secondary N) is 1. The summed E-state index contributed by atoms with van der Waals surface area (Å²) in [6.45, 7) is 2.64. The molecule has 9 heteroatoms. The van der Waals surface area contributed by atoms with Crippen molar-refractivity contribution in [2.75, 3.05) is 16.8 Å². The number of halogens is 3. The van der Waals surface area contributed by atoms with Crippen molar-refractivity contribution in [1.29, 1.82) is 0 Å². The summed E-state index contributed by atoms with van der Waals surface area (Å²) in [4.78, 5) is 28.4. The van der Waals surface area contributed by atoms with E-state index < -0.39 is 35.9 Å². The van der Waals surface area contributed by atoms with Gasteiger partial charge in [-0.2, -0.15) is 0 Å². The summed E-state index contributed by atoms with van der Waals surface area (Å²) in [7, 11) is 0. The van der Waals surface area contributed by atoms with Crippen molar-refractivity contribution in [2.24, 2.45) is 0 Å². The normalized spacial score (nSPS) is 18.2. The van der Waals surface area contributed by atoms with Crippen LogP contribution in [0.3, 0.4) is 0 Å². The van der Waals surface area contributed by atoms with Crippen molar-refractivity contribution in [3.8, 4) is 0 Å². The Balaban J connectivity index is 1.48. The van der Waals surface area contributed by atoms with E-state index in [1.54, 1.807) is 6.07 Å². The quantitative estimate of drug-likeness (QED) is 0.620. The number of hydrogen-bond acceptors (Lipinski definition) is 5. The molecule has 0 bridgehead atoms. The van der Waals surface area contributed by atoms with Crippen LogP contribution in [0.15, 0.2) is 48.8 Å².